The number of hydrogen-bond acceptors (Lipinski definition) is 5. The lowest BCUT2D eigenvalue weighted by atomic mass is 10.2. The predicted octanol–water partition coefficient (Wildman–Crippen LogP) is -0.0370. The number of β-amino-alcohol motifs (C(OH)–C–C–N with tert-alkyl or cyclic N) is 1. The minimum absolute atomic E-state index is 0.233. The first-order valence-corrected chi connectivity index (χ1v) is 6.49. The Morgan fingerprint density at radius 3 is 2.61 bits per heavy atom. The minimum atomic E-state index is 0.233. The molecule has 5 heteroatoms. The second-order valence-corrected chi connectivity index (χ2v) is 4.69. The summed E-state index contributed by atoms with van der Waals surface area (Å²) in [5.74, 6) is 1.03. The van der Waals surface area contributed by atoms with E-state index in [1.807, 2.05) is 13.0 Å². The van der Waals surface area contributed by atoms with E-state index in [0.717, 1.165) is 49.8 Å². The Morgan fingerprint density at radius 1 is 1.28 bits per heavy atom. The standard InChI is InChI=1S/C13H22N4O/c1-11-2-3-12(10-14)13(15-11)17-6-4-16(5-7-17)8-9-18/h2-3,18H,4-10,14H2,1H3. The molecule has 1 saturated heterocycles. The number of nitrogens with two attached hydrogens (primary N) is 1. The zero-order valence-electron chi connectivity index (χ0n) is 11.0. The van der Waals surface area contributed by atoms with Gasteiger partial charge in [-0.25, -0.2) is 4.98 Å². The van der Waals surface area contributed by atoms with Gasteiger partial charge in [-0.15, -0.1) is 0 Å². The minimum Gasteiger partial charge on any atom is -0.395 e. The van der Waals surface area contributed by atoms with Gasteiger partial charge in [-0.1, -0.05) is 6.07 Å². The molecule has 0 aliphatic carbocycles. The molecule has 0 atom stereocenters. The van der Waals surface area contributed by atoms with Crippen LogP contribution in [-0.2, 0) is 6.54 Å². The van der Waals surface area contributed by atoms with E-state index in [1.165, 1.54) is 0 Å². The molecule has 1 aliphatic rings. The summed E-state index contributed by atoms with van der Waals surface area (Å²) in [6.07, 6.45) is 0. The highest BCUT2D eigenvalue weighted by atomic mass is 16.3. The number of aromatic nitrogens is 1. The van der Waals surface area contributed by atoms with Crippen molar-refractivity contribution in [1.29, 1.82) is 0 Å². The highest BCUT2D eigenvalue weighted by molar-refractivity contribution is 5.48. The van der Waals surface area contributed by atoms with E-state index < -0.39 is 0 Å². The first-order chi connectivity index (χ1) is 8.74. The van der Waals surface area contributed by atoms with Crippen molar-refractivity contribution in [2.75, 3.05) is 44.2 Å². The zero-order chi connectivity index (χ0) is 13.0. The second-order valence-electron chi connectivity index (χ2n) is 4.69. The van der Waals surface area contributed by atoms with Gasteiger partial charge in [-0.3, -0.25) is 4.90 Å². The van der Waals surface area contributed by atoms with Crippen LogP contribution in [0.25, 0.3) is 0 Å². The Hall–Kier alpha value is -1.17. The molecule has 18 heavy (non-hydrogen) atoms. The molecule has 1 aromatic heterocycles. The van der Waals surface area contributed by atoms with Crippen molar-refractivity contribution in [2.24, 2.45) is 5.73 Å². The summed E-state index contributed by atoms with van der Waals surface area (Å²) in [5.41, 5.74) is 7.91. The fourth-order valence-corrected chi connectivity index (χ4v) is 2.33. The number of aliphatic hydroxyl groups is 1. The molecule has 0 unspecified atom stereocenters. The SMILES string of the molecule is Cc1ccc(CN)c(N2CCN(CCO)CC2)n1. The Morgan fingerprint density at radius 2 is 2.00 bits per heavy atom. The molecule has 1 aromatic rings. The molecule has 5 nitrogen and oxygen atoms in total. The number of anilines is 1. The molecule has 100 valence electrons. The maximum Gasteiger partial charge on any atom is 0.133 e. The van der Waals surface area contributed by atoms with E-state index in [4.69, 9.17) is 10.8 Å². The van der Waals surface area contributed by atoms with Gasteiger partial charge >= 0.3 is 0 Å². The second kappa shape index (κ2) is 6.13. The number of aliphatic hydroxyl groups excluding tert-OH is 1. The number of pyridine rings is 1. The molecule has 0 spiro atoms. The fraction of sp³-hybridized carbons (Fsp3) is 0.615. The van der Waals surface area contributed by atoms with E-state index in [1.54, 1.807) is 0 Å². The maximum atomic E-state index is 8.94. The van der Waals surface area contributed by atoms with Crippen LogP contribution in [0.2, 0.25) is 0 Å². The highest BCUT2D eigenvalue weighted by Crippen LogP contribution is 2.19. The maximum absolute atomic E-state index is 8.94. The van der Waals surface area contributed by atoms with Crippen LogP contribution in [0.15, 0.2) is 12.1 Å². The van der Waals surface area contributed by atoms with Crippen molar-refractivity contribution < 1.29 is 5.11 Å². The molecule has 3 N–H and O–H groups in total. The van der Waals surface area contributed by atoms with Crippen LogP contribution in [0.4, 0.5) is 5.82 Å². The van der Waals surface area contributed by atoms with Crippen molar-refractivity contribution in [1.82, 2.24) is 9.88 Å². The quantitative estimate of drug-likeness (QED) is 0.785. The predicted molar refractivity (Wildman–Crippen MR) is 72.6 cm³/mol. The number of piperazine rings is 1. The molecule has 0 saturated carbocycles. The summed E-state index contributed by atoms with van der Waals surface area (Å²) in [6.45, 7) is 7.37. The Bertz CT molecular complexity index is 389. The first kappa shape index (κ1) is 13.3. The van der Waals surface area contributed by atoms with Crippen LogP contribution in [0, 0.1) is 6.92 Å². The Balaban J connectivity index is 2.06. The van der Waals surface area contributed by atoms with Gasteiger partial charge < -0.3 is 15.7 Å². The molecule has 2 rings (SSSR count). The van der Waals surface area contributed by atoms with Crippen LogP contribution >= 0.6 is 0 Å². The lowest BCUT2D eigenvalue weighted by Gasteiger charge is -2.36. The van der Waals surface area contributed by atoms with Gasteiger partial charge in [0.05, 0.1) is 6.61 Å². The van der Waals surface area contributed by atoms with Gasteiger partial charge in [0.15, 0.2) is 0 Å². The van der Waals surface area contributed by atoms with E-state index in [9.17, 15) is 0 Å². The number of rotatable bonds is 4. The summed E-state index contributed by atoms with van der Waals surface area (Å²) in [6, 6.07) is 4.07. The molecule has 1 fully saturated rings. The van der Waals surface area contributed by atoms with Crippen molar-refractivity contribution in [2.45, 2.75) is 13.5 Å². The molecular weight excluding hydrogens is 228 g/mol. The zero-order valence-corrected chi connectivity index (χ0v) is 11.0. The summed E-state index contributed by atoms with van der Waals surface area (Å²) in [7, 11) is 0. The molecule has 0 aromatic carbocycles. The molecule has 2 heterocycles. The van der Waals surface area contributed by atoms with Crippen molar-refractivity contribution in [3.63, 3.8) is 0 Å². The number of nitrogens with zero attached hydrogens (tertiary/aromatic N) is 3. The van der Waals surface area contributed by atoms with Gasteiger partial charge in [0.1, 0.15) is 5.82 Å². The van der Waals surface area contributed by atoms with Crippen LogP contribution < -0.4 is 10.6 Å². The van der Waals surface area contributed by atoms with Crippen LogP contribution in [0.1, 0.15) is 11.3 Å². The monoisotopic (exact) mass is 250 g/mol. The van der Waals surface area contributed by atoms with Crippen molar-refractivity contribution >= 4 is 5.82 Å². The fourth-order valence-electron chi connectivity index (χ4n) is 2.33. The first-order valence-electron chi connectivity index (χ1n) is 6.49. The summed E-state index contributed by atoms with van der Waals surface area (Å²) < 4.78 is 0. The summed E-state index contributed by atoms with van der Waals surface area (Å²) in [5, 5.41) is 8.94. The van der Waals surface area contributed by atoms with Gasteiger partial charge in [-0.2, -0.15) is 0 Å². The average Bonchev–Trinajstić information content (AvgIpc) is 2.40. The third-order valence-electron chi connectivity index (χ3n) is 3.40. The largest absolute Gasteiger partial charge is 0.395 e. The topological polar surface area (TPSA) is 65.6 Å². The lowest BCUT2D eigenvalue weighted by molar-refractivity contribution is 0.188. The molecule has 0 radical (unpaired) electrons. The van der Waals surface area contributed by atoms with Gasteiger partial charge in [0.25, 0.3) is 0 Å². The number of aryl methyl sites for hydroxylation is 1. The van der Waals surface area contributed by atoms with Gasteiger partial charge in [0, 0.05) is 50.5 Å². The van der Waals surface area contributed by atoms with E-state index in [2.05, 4.69) is 20.9 Å². The average molecular weight is 250 g/mol. The lowest BCUT2D eigenvalue weighted by Crippen LogP contribution is -2.47. The van der Waals surface area contributed by atoms with Gasteiger partial charge in [-0.05, 0) is 13.0 Å². The molecule has 1 aliphatic heterocycles. The summed E-state index contributed by atoms with van der Waals surface area (Å²) in [4.78, 5) is 9.18. The smallest absolute Gasteiger partial charge is 0.133 e. The Labute approximate surface area is 108 Å². The molecular formula is C13H22N4O. The highest BCUT2D eigenvalue weighted by Gasteiger charge is 2.19. The van der Waals surface area contributed by atoms with Crippen molar-refractivity contribution in [3.05, 3.63) is 23.4 Å². The van der Waals surface area contributed by atoms with Gasteiger partial charge in [0.2, 0.25) is 0 Å². The van der Waals surface area contributed by atoms with Crippen LogP contribution in [-0.4, -0.2) is 54.3 Å². The van der Waals surface area contributed by atoms with E-state index >= 15 is 0 Å². The summed E-state index contributed by atoms with van der Waals surface area (Å²) >= 11 is 0. The molecule has 0 bridgehead atoms. The molecule has 0 amide bonds. The number of hydrogen-bond donors (Lipinski definition) is 2. The van der Waals surface area contributed by atoms with Crippen LogP contribution in [0.3, 0.4) is 0 Å². The third-order valence-corrected chi connectivity index (χ3v) is 3.40. The third kappa shape index (κ3) is 2.98. The van der Waals surface area contributed by atoms with Crippen molar-refractivity contribution in [3.8, 4) is 0 Å². The van der Waals surface area contributed by atoms with Crippen LogP contribution in [0.5, 0.6) is 0 Å². The Kier molecular flexibility index (Phi) is 4.52. The van der Waals surface area contributed by atoms with E-state index in [0.29, 0.717) is 6.54 Å². The normalized spacial score (nSPS) is 17.2. The van der Waals surface area contributed by atoms with E-state index in [-0.39, 0.29) is 6.61 Å².